The summed E-state index contributed by atoms with van der Waals surface area (Å²) in [7, 11) is 0. The number of carbonyl (C=O) groups is 2. The van der Waals surface area contributed by atoms with Gasteiger partial charge in [0.1, 0.15) is 11.9 Å². The number of hydrogen-bond acceptors (Lipinski definition) is 5. The first kappa shape index (κ1) is 22.0. The van der Waals surface area contributed by atoms with Crippen molar-refractivity contribution in [3.05, 3.63) is 71.3 Å². The third kappa shape index (κ3) is 3.90. The number of alkyl halides is 1. The van der Waals surface area contributed by atoms with Gasteiger partial charge in [0.15, 0.2) is 11.5 Å². The molecule has 1 saturated carbocycles. The molecule has 5 rings (SSSR count). The molecule has 2 aliphatic heterocycles. The van der Waals surface area contributed by atoms with E-state index in [9.17, 15) is 9.59 Å². The maximum absolute atomic E-state index is 13.8. The molecular formula is C26H27ClN2O4. The van der Waals surface area contributed by atoms with Gasteiger partial charge in [0.25, 0.3) is 5.91 Å². The number of benzene rings is 1. The Morgan fingerprint density at radius 2 is 2.06 bits per heavy atom. The first-order valence-corrected chi connectivity index (χ1v) is 11.9. The lowest BCUT2D eigenvalue weighted by Crippen LogP contribution is -2.44. The molecule has 1 fully saturated rings. The van der Waals surface area contributed by atoms with Crippen LogP contribution in [0, 0.1) is 11.8 Å². The number of carbonyl (C=O) groups excluding carboxylic acids is 2. The van der Waals surface area contributed by atoms with Gasteiger partial charge in [-0.05, 0) is 55.0 Å². The van der Waals surface area contributed by atoms with Crippen molar-refractivity contribution < 1.29 is 19.1 Å². The summed E-state index contributed by atoms with van der Waals surface area (Å²) in [6, 6.07) is 10.8. The van der Waals surface area contributed by atoms with Crippen LogP contribution in [-0.4, -0.2) is 39.7 Å². The highest BCUT2D eigenvalue weighted by molar-refractivity contribution is 6.21. The molecule has 33 heavy (non-hydrogen) atoms. The van der Waals surface area contributed by atoms with E-state index in [1.54, 1.807) is 17.3 Å². The summed E-state index contributed by atoms with van der Waals surface area (Å²) in [5.41, 5.74) is 2.15. The summed E-state index contributed by atoms with van der Waals surface area (Å²) < 4.78 is 12.0. The van der Waals surface area contributed by atoms with Crippen LogP contribution in [0.5, 0.6) is 5.75 Å². The van der Waals surface area contributed by atoms with Gasteiger partial charge in [-0.25, -0.2) is 0 Å². The van der Waals surface area contributed by atoms with E-state index in [0.717, 1.165) is 11.1 Å². The third-order valence-corrected chi connectivity index (χ3v) is 7.47. The van der Waals surface area contributed by atoms with E-state index < -0.39 is 6.04 Å². The fraction of sp³-hybridized carbons (Fsp3) is 0.423. The normalized spacial score (nSPS) is 28.9. The van der Waals surface area contributed by atoms with E-state index in [1.165, 1.54) is 0 Å². The van der Waals surface area contributed by atoms with Gasteiger partial charge in [0.2, 0.25) is 0 Å². The molecule has 1 aromatic carbocycles. The molecule has 1 aliphatic carbocycles. The summed E-state index contributed by atoms with van der Waals surface area (Å²) in [4.78, 5) is 33.3. The molecule has 3 heterocycles. The topological polar surface area (TPSA) is 68.7 Å². The Morgan fingerprint density at radius 3 is 2.82 bits per heavy atom. The third-order valence-electron chi connectivity index (χ3n) is 6.87. The minimum absolute atomic E-state index is 0.0207. The van der Waals surface area contributed by atoms with Crippen LogP contribution >= 0.6 is 11.6 Å². The number of nitrogens with zero attached hydrogens (tertiary/aromatic N) is 2. The molecule has 0 spiro atoms. The Hall–Kier alpha value is -2.86. The van der Waals surface area contributed by atoms with Crippen LogP contribution in [0.2, 0.25) is 0 Å². The summed E-state index contributed by atoms with van der Waals surface area (Å²) >= 11 is 6.54. The Labute approximate surface area is 198 Å². The van der Waals surface area contributed by atoms with E-state index in [2.05, 4.69) is 11.9 Å². The molecule has 0 saturated heterocycles. The van der Waals surface area contributed by atoms with E-state index in [-0.39, 0.29) is 40.8 Å². The van der Waals surface area contributed by atoms with E-state index in [0.29, 0.717) is 37.3 Å². The minimum atomic E-state index is -0.547. The van der Waals surface area contributed by atoms with Gasteiger partial charge in [-0.2, -0.15) is 0 Å². The first-order chi connectivity index (χ1) is 16.0. The monoisotopic (exact) mass is 466 g/mol. The van der Waals surface area contributed by atoms with Crippen LogP contribution in [0.25, 0.3) is 0 Å². The van der Waals surface area contributed by atoms with Gasteiger partial charge in [0.05, 0.1) is 24.1 Å². The number of ether oxygens (including phenoxy) is 2. The van der Waals surface area contributed by atoms with E-state index in [4.69, 9.17) is 21.1 Å². The number of amides is 1. The second kappa shape index (κ2) is 8.82. The summed E-state index contributed by atoms with van der Waals surface area (Å²) in [6.45, 7) is 4.84. The quantitative estimate of drug-likeness (QED) is 0.609. The van der Waals surface area contributed by atoms with Crippen molar-refractivity contribution in [3.63, 3.8) is 0 Å². The molecular weight excluding hydrogens is 440 g/mol. The lowest BCUT2D eigenvalue weighted by atomic mass is 9.74. The fourth-order valence-corrected chi connectivity index (χ4v) is 5.50. The SMILES string of the molecule is CCOc1cccc(C2C3=C(OC4CC(C)C(Cl)CC4C3=O)C(=O)N2Cc2cccnc2)c1. The van der Waals surface area contributed by atoms with Gasteiger partial charge in [-0.3, -0.25) is 14.6 Å². The molecule has 3 aliphatic rings. The van der Waals surface area contributed by atoms with Crippen LogP contribution < -0.4 is 4.74 Å². The Balaban J connectivity index is 1.58. The van der Waals surface area contributed by atoms with Crippen LogP contribution in [-0.2, 0) is 20.9 Å². The zero-order valence-electron chi connectivity index (χ0n) is 18.7. The van der Waals surface area contributed by atoms with Crippen molar-refractivity contribution in [1.82, 2.24) is 9.88 Å². The lowest BCUT2D eigenvalue weighted by molar-refractivity contribution is -0.136. The van der Waals surface area contributed by atoms with Crippen molar-refractivity contribution in [2.24, 2.45) is 11.8 Å². The molecule has 2 aromatic rings. The molecule has 1 aromatic heterocycles. The minimum Gasteiger partial charge on any atom is -0.494 e. The van der Waals surface area contributed by atoms with Crippen molar-refractivity contribution in [1.29, 1.82) is 0 Å². The van der Waals surface area contributed by atoms with Gasteiger partial charge in [-0.15, -0.1) is 11.6 Å². The smallest absolute Gasteiger partial charge is 0.290 e. The average Bonchev–Trinajstić information content (AvgIpc) is 3.08. The van der Waals surface area contributed by atoms with Crippen LogP contribution in [0.3, 0.4) is 0 Å². The van der Waals surface area contributed by atoms with Crippen LogP contribution in [0.15, 0.2) is 60.1 Å². The van der Waals surface area contributed by atoms with Gasteiger partial charge in [-0.1, -0.05) is 25.1 Å². The highest BCUT2D eigenvalue weighted by Gasteiger charge is 2.53. The molecule has 0 radical (unpaired) electrons. The van der Waals surface area contributed by atoms with Gasteiger partial charge < -0.3 is 14.4 Å². The lowest BCUT2D eigenvalue weighted by Gasteiger charge is -2.40. The second-order valence-corrected chi connectivity index (χ2v) is 9.60. The van der Waals surface area contributed by atoms with E-state index in [1.807, 2.05) is 43.3 Å². The Bertz CT molecular complexity index is 1100. The maximum atomic E-state index is 13.8. The number of halogens is 1. The van der Waals surface area contributed by atoms with Gasteiger partial charge in [0, 0.05) is 24.3 Å². The predicted molar refractivity (Wildman–Crippen MR) is 124 cm³/mol. The first-order valence-electron chi connectivity index (χ1n) is 11.5. The molecule has 1 amide bonds. The fourth-order valence-electron chi connectivity index (χ4n) is 5.20. The number of aromatic nitrogens is 1. The number of fused-ring (bicyclic) bond motifs is 1. The second-order valence-electron chi connectivity index (χ2n) is 9.04. The molecule has 0 N–H and O–H groups in total. The predicted octanol–water partition coefficient (Wildman–Crippen LogP) is 4.44. The van der Waals surface area contributed by atoms with Crippen LogP contribution in [0.4, 0.5) is 0 Å². The number of Topliss-reactive ketones (excluding diaryl/α,β-unsaturated/α-hetero) is 1. The largest absolute Gasteiger partial charge is 0.494 e. The van der Waals surface area contributed by atoms with Crippen molar-refractivity contribution in [2.45, 2.75) is 50.8 Å². The van der Waals surface area contributed by atoms with Crippen LogP contribution in [0.1, 0.15) is 43.9 Å². The molecule has 6 nitrogen and oxygen atoms in total. The van der Waals surface area contributed by atoms with Crippen molar-refractivity contribution in [2.75, 3.05) is 6.61 Å². The van der Waals surface area contributed by atoms with Crippen molar-refractivity contribution >= 4 is 23.3 Å². The number of rotatable bonds is 5. The highest BCUT2D eigenvalue weighted by Crippen LogP contribution is 2.48. The Morgan fingerprint density at radius 1 is 1.21 bits per heavy atom. The standard InChI is InChI=1S/C26H27ClN2O4/c1-3-32-18-8-4-7-17(11-18)23-22-24(30)19-12-20(27)15(2)10-21(19)33-25(22)26(31)29(23)14-16-6-5-9-28-13-16/h4-9,11,13,15,19-21,23H,3,10,12,14H2,1-2H3. The average molecular weight is 467 g/mol. The highest BCUT2D eigenvalue weighted by atomic mass is 35.5. The van der Waals surface area contributed by atoms with Crippen molar-refractivity contribution in [3.8, 4) is 5.75 Å². The number of ketones is 1. The maximum Gasteiger partial charge on any atom is 0.290 e. The molecule has 5 atom stereocenters. The molecule has 5 unspecified atom stereocenters. The molecule has 0 bridgehead atoms. The number of pyridine rings is 1. The van der Waals surface area contributed by atoms with Gasteiger partial charge >= 0.3 is 0 Å². The van der Waals surface area contributed by atoms with E-state index >= 15 is 0 Å². The zero-order valence-corrected chi connectivity index (χ0v) is 19.5. The molecule has 172 valence electrons. The summed E-state index contributed by atoms with van der Waals surface area (Å²) in [6.07, 6.45) is 4.36. The number of hydrogen-bond donors (Lipinski definition) is 0. The summed E-state index contributed by atoms with van der Waals surface area (Å²) in [5.74, 6) is 0.515. The Kier molecular flexibility index (Phi) is 5.87. The summed E-state index contributed by atoms with van der Waals surface area (Å²) in [5, 5.41) is -0.0794. The molecule has 7 heteroatoms. The zero-order chi connectivity index (χ0) is 23.1.